The Morgan fingerprint density at radius 2 is 1.43 bits per heavy atom. The van der Waals surface area contributed by atoms with E-state index in [0.29, 0.717) is 0 Å². The first kappa shape index (κ1) is 17.0. The van der Waals surface area contributed by atoms with Crippen LogP contribution in [0.1, 0.15) is 12.8 Å². The van der Waals surface area contributed by atoms with Gasteiger partial charge in [0.2, 0.25) is 0 Å². The summed E-state index contributed by atoms with van der Waals surface area (Å²) >= 11 is 0. The van der Waals surface area contributed by atoms with Gasteiger partial charge in [-0.1, -0.05) is 0 Å². The third kappa shape index (κ3) is 3.89. The van der Waals surface area contributed by atoms with E-state index in [2.05, 4.69) is 0 Å². The molecule has 0 bridgehead atoms. The van der Waals surface area contributed by atoms with Crippen LogP contribution in [0.4, 0.5) is 0 Å². The third-order valence-electron chi connectivity index (χ3n) is 3.70. The lowest BCUT2D eigenvalue weighted by Crippen LogP contribution is -2.57. The van der Waals surface area contributed by atoms with Gasteiger partial charge in [-0.15, -0.1) is 0 Å². The van der Waals surface area contributed by atoms with E-state index < -0.39 is 49.2 Å². The minimum Gasteiger partial charge on any atom is -0.394 e. The maximum absolute atomic E-state index is 9.92. The molecule has 0 radical (unpaired) electrons. The van der Waals surface area contributed by atoms with E-state index in [4.69, 9.17) is 24.4 Å². The molecule has 8 atom stereocenters. The summed E-state index contributed by atoms with van der Waals surface area (Å²) in [5.74, 6) is 0. The van der Waals surface area contributed by atoms with Crippen LogP contribution in [0.2, 0.25) is 0 Å². The van der Waals surface area contributed by atoms with Gasteiger partial charge in [-0.3, -0.25) is 0 Å². The fourth-order valence-electron chi connectivity index (χ4n) is 2.50. The van der Waals surface area contributed by atoms with Crippen molar-refractivity contribution in [2.75, 3.05) is 13.2 Å². The quantitative estimate of drug-likeness (QED) is 0.313. The summed E-state index contributed by atoms with van der Waals surface area (Å²) in [7, 11) is 0. The van der Waals surface area contributed by atoms with E-state index in [9.17, 15) is 20.4 Å². The first-order valence-corrected chi connectivity index (χ1v) is 6.86. The Morgan fingerprint density at radius 3 is 2.00 bits per heavy atom. The van der Waals surface area contributed by atoms with Crippen molar-refractivity contribution < 1.29 is 44.8 Å². The predicted molar refractivity (Wildman–Crippen MR) is 65.8 cm³/mol. The van der Waals surface area contributed by atoms with Crippen LogP contribution in [0, 0.1) is 0 Å². The summed E-state index contributed by atoms with van der Waals surface area (Å²) in [6.07, 6.45) is -8.98. The fraction of sp³-hybridized carbons (Fsp3) is 1.00. The third-order valence-corrected chi connectivity index (χ3v) is 3.70. The Bertz CT molecular complexity index is 316. The summed E-state index contributed by atoms with van der Waals surface area (Å²) in [5.41, 5.74) is 0. The molecule has 2 rings (SSSR count). The van der Waals surface area contributed by atoms with Crippen molar-refractivity contribution in [1.29, 1.82) is 0 Å². The molecular weight excluding hydrogens is 288 g/mol. The number of aliphatic hydroxyl groups is 6. The van der Waals surface area contributed by atoms with Gasteiger partial charge < -0.3 is 44.8 Å². The van der Waals surface area contributed by atoms with E-state index in [1.165, 1.54) is 0 Å². The molecule has 0 amide bonds. The molecule has 2 aliphatic heterocycles. The molecule has 0 aromatic rings. The average Bonchev–Trinajstić information content (AvgIpc) is 2.46. The van der Waals surface area contributed by atoms with Crippen molar-refractivity contribution in [3.8, 4) is 0 Å². The van der Waals surface area contributed by atoms with Crippen LogP contribution in [-0.4, -0.2) is 93.1 Å². The molecule has 9 nitrogen and oxygen atoms in total. The monoisotopic (exact) mass is 310 g/mol. The molecule has 2 fully saturated rings. The van der Waals surface area contributed by atoms with Gasteiger partial charge in [-0.2, -0.15) is 0 Å². The maximum atomic E-state index is 9.92. The van der Waals surface area contributed by atoms with E-state index in [1.54, 1.807) is 0 Å². The molecule has 0 unspecified atom stereocenters. The molecule has 0 saturated carbocycles. The molecule has 0 aliphatic carbocycles. The van der Waals surface area contributed by atoms with E-state index >= 15 is 0 Å². The van der Waals surface area contributed by atoms with Gasteiger partial charge in [-0.05, 0) is 0 Å². The van der Waals surface area contributed by atoms with Gasteiger partial charge in [0, 0.05) is 12.8 Å². The summed E-state index contributed by atoms with van der Waals surface area (Å²) in [4.78, 5) is 0. The second-order valence-electron chi connectivity index (χ2n) is 5.34. The lowest BCUT2D eigenvalue weighted by atomic mass is 10.0. The van der Waals surface area contributed by atoms with Gasteiger partial charge in [-0.25, -0.2) is 0 Å². The van der Waals surface area contributed by atoms with E-state index in [-0.39, 0.29) is 26.1 Å². The summed E-state index contributed by atoms with van der Waals surface area (Å²) in [5, 5.41) is 57.2. The second kappa shape index (κ2) is 7.27. The van der Waals surface area contributed by atoms with E-state index in [0.717, 1.165) is 0 Å². The largest absolute Gasteiger partial charge is 0.394 e. The van der Waals surface area contributed by atoms with Crippen LogP contribution in [0.5, 0.6) is 0 Å². The molecule has 0 spiro atoms. The fourth-order valence-corrected chi connectivity index (χ4v) is 2.50. The zero-order valence-electron chi connectivity index (χ0n) is 11.4. The molecule has 124 valence electrons. The molecule has 2 heterocycles. The van der Waals surface area contributed by atoms with Crippen LogP contribution in [0.15, 0.2) is 0 Å². The molecular formula is C12H22O9. The SMILES string of the molecule is OC[C@@H]1C[C@@H](O)[C@H](O)[C@H](O[C@H]2[C@H](O)C[C@@H](CO)O[C@@H]2O)O1. The number of ether oxygens (including phenoxy) is 3. The van der Waals surface area contributed by atoms with Crippen molar-refractivity contribution in [3.63, 3.8) is 0 Å². The Balaban J connectivity index is 1.98. The van der Waals surface area contributed by atoms with Crippen molar-refractivity contribution >= 4 is 0 Å². The topological polar surface area (TPSA) is 149 Å². The highest BCUT2D eigenvalue weighted by molar-refractivity contribution is 4.86. The molecule has 21 heavy (non-hydrogen) atoms. The highest BCUT2D eigenvalue weighted by Crippen LogP contribution is 2.27. The van der Waals surface area contributed by atoms with Crippen molar-refractivity contribution in [1.82, 2.24) is 0 Å². The zero-order valence-corrected chi connectivity index (χ0v) is 11.4. The minimum atomic E-state index is -1.51. The first-order chi connectivity index (χ1) is 9.96. The normalized spacial score (nSPS) is 48.3. The summed E-state index contributed by atoms with van der Waals surface area (Å²) in [6.45, 7) is -0.711. The number of rotatable bonds is 4. The molecule has 0 aromatic heterocycles. The number of hydrogen-bond acceptors (Lipinski definition) is 9. The Labute approximate surface area is 121 Å². The van der Waals surface area contributed by atoms with Crippen LogP contribution in [0.3, 0.4) is 0 Å². The van der Waals surface area contributed by atoms with Gasteiger partial charge in [0.05, 0.1) is 37.6 Å². The Kier molecular flexibility index (Phi) is 5.88. The molecule has 0 aromatic carbocycles. The molecule has 9 heteroatoms. The molecule has 6 N–H and O–H groups in total. The van der Waals surface area contributed by atoms with Crippen molar-refractivity contribution in [2.45, 2.75) is 62.0 Å². The minimum absolute atomic E-state index is 0.0486. The molecule has 2 aliphatic rings. The number of aliphatic hydroxyl groups excluding tert-OH is 6. The predicted octanol–water partition coefficient (Wildman–Crippen LogP) is -3.34. The van der Waals surface area contributed by atoms with Crippen LogP contribution >= 0.6 is 0 Å². The number of hydrogen-bond donors (Lipinski definition) is 6. The Morgan fingerprint density at radius 1 is 0.857 bits per heavy atom. The molecule has 2 saturated heterocycles. The van der Waals surface area contributed by atoms with Crippen LogP contribution in [-0.2, 0) is 14.2 Å². The second-order valence-corrected chi connectivity index (χ2v) is 5.34. The van der Waals surface area contributed by atoms with Gasteiger partial charge >= 0.3 is 0 Å². The lowest BCUT2D eigenvalue weighted by Gasteiger charge is -2.42. The summed E-state index contributed by atoms with van der Waals surface area (Å²) < 4.78 is 15.6. The maximum Gasteiger partial charge on any atom is 0.187 e. The van der Waals surface area contributed by atoms with Crippen LogP contribution in [0.25, 0.3) is 0 Å². The average molecular weight is 310 g/mol. The smallest absolute Gasteiger partial charge is 0.187 e. The van der Waals surface area contributed by atoms with Gasteiger partial charge in [0.1, 0.15) is 12.2 Å². The lowest BCUT2D eigenvalue weighted by molar-refractivity contribution is -0.338. The summed E-state index contributed by atoms with van der Waals surface area (Å²) in [6, 6.07) is 0. The van der Waals surface area contributed by atoms with Crippen molar-refractivity contribution in [3.05, 3.63) is 0 Å². The van der Waals surface area contributed by atoms with Gasteiger partial charge in [0.25, 0.3) is 0 Å². The standard InChI is InChI=1S/C12H22O9/c13-3-5-2-8(16)10(11(18)19-5)21-12-9(17)7(15)1-6(4-14)20-12/h5-18H,1-4H2/t5-,6-,7+,8+,9-,10-,11-,12-/m0/s1. The van der Waals surface area contributed by atoms with Crippen LogP contribution < -0.4 is 0 Å². The highest BCUT2D eigenvalue weighted by Gasteiger charge is 2.44. The van der Waals surface area contributed by atoms with E-state index in [1.807, 2.05) is 0 Å². The first-order valence-electron chi connectivity index (χ1n) is 6.86. The van der Waals surface area contributed by atoms with Crippen molar-refractivity contribution in [2.24, 2.45) is 0 Å². The van der Waals surface area contributed by atoms with Gasteiger partial charge in [0.15, 0.2) is 12.6 Å². The zero-order chi connectivity index (χ0) is 15.6. The highest BCUT2D eigenvalue weighted by atomic mass is 16.7. The Hall–Kier alpha value is -0.360.